The number of aryl methyl sites for hydroxylation is 1. The minimum Gasteiger partial charge on any atom is -0.349 e. The van der Waals surface area contributed by atoms with E-state index in [0.29, 0.717) is 16.4 Å². The molecule has 28 heavy (non-hydrogen) atoms. The molecule has 0 atom stereocenters. The smallest absolute Gasteiger partial charge is 0.274 e. The number of imidazole rings is 1. The Labute approximate surface area is 157 Å². The van der Waals surface area contributed by atoms with E-state index in [2.05, 4.69) is 15.4 Å². The summed E-state index contributed by atoms with van der Waals surface area (Å²) in [5, 5.41) is 5.59. The maximum Gasteiger partial charge on any atom is 0.274 e. The summed E-state index contributed by atoms with van der Waals surface area (Å²) < 4.78 is 16.8. The number of rotatable bonds is 4. The highest BCUT2D eigenvalue weighted by Crippen LogP contribution is 2.12. The number of halogens is 1. The van der Waals surface area contributed by atoms with Crippen LogP contribution in [-0.4, -0.2) is 31.6 Å². The summed E-state index contributed by atoms with van der Waals surface area (Å²) in [6.07, 6.45) is 1.55. The number of amides is 1. The number of aromatic amines is 1. The predicted molar refractivity (Wildman–Crippen MR) is 101 cm³/mol. The lowest BCUT2D eigenvalue weighted by molar-refractivity contribution is 0.0942. The van der Waals surface area contributed by atoms with Gasteiger partial charge in [0, 0.05) is 12.7 Å². The number of hydrogen-bond donors (Lipinski definition) is 2. The SMILES string of the molecule is Cc1ccc2nc(C(=O)NCCn3[nH]c(=O)c4ccccc4c3=O)c(F)n2c1. The monoisotopic (exact) mass is 381 g/mol. The van der Waals surface area contributed by atoms with E-state index in [4.69, 9.17) is 0 Å². The van der Waals surface area contributed by atoms with Crippen molar-refractivity contribution in [2.45, 2.75) is 13.5 Å². The van der Waals surface area contributed by atoms with Crippen LogP contribution >= 0.6 is 0 Å². The number of aromatic nitrogens is 4. The number of carbonyl (C=O) groups is 1. The zero-order valence-corrected chi connectivity index (χ0v) is 14.9. The Kier molecular flexibility index (Phi) is 4.26. The van der Waals surface area contributed by atoms with Gasteiger partial charge in [0.2, 0.25) is 5.95 Å². The molecule has 0 aliphatic carbocycles. The molecule has 0 bridgehead atoms. The molecule has 3 heterocycles. The molecule has 4 rings (SSSR count). The van der Waals surface area contributed by atoms with Gasteiger partial charge in [0.05, 0.1) is 17.3 Å². The van der Waals surface area contributed by atoms with Gasteiger partial charge in [-0.2, -0.15) is 4.39 Å². The molecule has 0 aliphatic heterocycles. The summed E-state index contributed by atoms with van der Waals surface area (Å²) in [4.78, 5) is 40.8. The van der Waals surface area contributed by atoms with E-state index in [1.807, 2.05) is 0 Å². The summed E-state index contributed by atoms with van der Waals surface area (Å²) in [7, 11) is 0. The molecule has 0 spiro atoms. The number of carbonyl (C=O) groups excluding carboxylic acids is 1. The zero-order valence-electron chi connectivity index (χ0n) is 14.9. The van der Waals surface area contributed by atoms with Crippen molar-refractivity contribution in [1.29, 1.82) is 0 Å². The number of hydrogen-bond acceptors (Lipinski definition) is 4. The summed E-state index contributed by atoms with van der Waals surface area (Å²) in [5.74, 6) is -1.46. The Balaban J connectivity index is 1.53. The maximum absolute atomic E-state index is 14.4. The van der Waals surface area contributed by atoms with Crippen LogP contribution in [0.3, 0.4) is 0 Å². The third-order valence-electron chi connectivity index (χ3n) is 4.43. The van der Waals surface area contributed by atoms with Gasteiger partial charge in [-0.05, 0) is 30.7 Å². The number of H-pyrrole nitrogens is 1. The van der Waals surface area contributed by atoms with Gasteiger partial charge in [0.25, 0.3) is 17.0 Å². The summed E-state index contributed by atoms with van der Waals surface area (Å²) in [5.41, 5.74) is 0.0470. The average Bonchev–Trinajstić information content (AvgIpc) is 3.02. The van der Waals surface area contributed by atoms with Gasteiger partial charge in [-0.1, -0.05) is 18.2 Å². The van der Waals surface area contributed by atoms with Crippen molar-refractivity contribution in [3.8, 4) is 0 Å². The van der Waals surface area contributed by atoms with E-state index in [0.717, 1.165) is 10.2 Å². The van der Waals surface area contributed by atoms with Crippen LogP contribution in [0, 0.1) is 12.9 Å². The molecule has 0 saturated carbocycles. The number of fused-ring (bicyclic) bond motifs is 2. The zero-order chi connectivity index (χ0) is 19.8. The van der Waals surface area contributed by atoms with Crippen LogP contribution < -0.4 is 16.4 Å². The highest BCUT2D eigenvalue weighted by atomic mass is 19.1. The van der Waals surface area contributed by atoms with Gasteiger partial charge in [0.15, 0.2) is 5.69 Å². The summed E-state index contributed by atoms with van der Waals surface area (Å²) in [6.45, 7) is 1.85. The molecule has 0 unspecified atom stereocenters. The fourth-order valence-corrected chi connectivity index (χ4v) is 3.04. The van der Waals surface area contributed by atoms with Gasteiger partial charge >= 0.3 is 0 Å². The molecule has 1 amide bonds. The third kappa shape index (κ3) is 2.96. The van der Waals surface area contributed by atoms with E-state index in [-0.39, 0.29) is 24.3 Å². The molecule has 0 saturated heterocycles. The second kappa shape index (κ2) is 6.76. The number of nitrogens with one attached hydrogen (secondary N) is 2. The number of benzene rings is 1. The van der Waals surface area contributed by atoms with Crippen molar-refractivity contribution in [3.05, 3.63) is 80.5 Å². The second-order valence-electron chi connectivity index (χ2n) is 6.39. The molecule has 4 aromatic rings. The topological polar surface area (TPSA) is 101 Å². The predicted octanol–water partition coefficient (Wildman–Crippen LogP) is 1.22. The van der Waals surface area contributed by atoms with Gasteiger partial charge in [-0.3, -0.25) is 23.9 Å². The first-order valence-corrected chi connectivity index (χ1v) is 8.60. The van der Waals surface area contributed by atoms with Crippen molar-refractivity contribution >= 4 is 22.3 Å². The first-order valence-electron chi connectivity index (χ1n) is 8.60. The van der Waals surface area contributed by atoms with Gasteiger partial charge < -0.3 is 5.32 Å². The van der Waals surface area contributed by atoms with Crippen LogP contribution in [0.2, 0.25) is 0 Å². The Morgan fingerprint density at radius 2 is 1.93 bits per heavy atom. The van der Waals surface area contributed by atoms with Crippen LogP contribution in [-0.2, 0) is 6.54 Å². The van der Waals surface area contributed by atoms with E-state index in [1.165, 1.54) is 4.40 Å². The van der Waals surface area contributed by atoms with Crippen LogP contribution in [0.5, 0.6) is 0 Å². The fourth-order valence-electron chi connectivity index (χ4n) is 3.04. The molecular formula is C19H16FN5O3. The molecule has 9 heteroatoms. The Hall–Kier alpha value is -3.75. The average molecular weight is 381 g/mol. The molecular weight excluding hydrogens is 365 g/mol. The normalized spacial score (nSPS) is 11.2. The maximum atomic E-state index is 14.4. The first-order chi connectivity index (χ1) is 13.5. The van der Waals surface area contributed by atoms with Crippen LogP contribution in [0.4, 0.5) is 4.39 Å². The van der Waals surface area contributed by atoms with Crippen molar-refractivity contribution in [3.63, 3.8) is 0 Å². The molecule has 1 aromatic carbocycles. The Morgan fingerprint density at radius 1 is 1.18 bits per heavy atom. The number of nitrogens with zero attached hydrogens (tertiary/aromatic N) is 3. The lowest BCUT2D eigenvalue weighted by atomic mass is 10.2. The molecule has 3 aromatic heterocycles. The lowest BCUT2D eigenvalue weighted by Crippen LogP contribution is -2.35. The fraction of sp³-hybridized carbons (Fsp3) is 0.158. The van der Waals surface area contributed by atoms with E-state index < -0.39 is 17.4 Å². The van der Waals surface area contributed by atoms with Crippen LogP contribution in [0.15, 0.2) is 52.2 Å². The van der Waals surface area contributed by atoms with Crippen LogP contribution in [0.25, 0.3) is 16.4 Å². The highest BCUT2D eigenvalue weighted by Gasteiger charge is 2.19. The van der Waals surface area contributed by atoms with Gasteiger partial charge in [-0.15, -0.1) is 0 Å². The molecule has 142 valence electrons. The van der Waals surface area contributed by atoms with Crippen molar-refractivity contribution in [2.24, 2.45) is 0 Å². The second-order valence-corrected chi connectivity index (χ2v) is 6.39. The Bertz CT molecular complexity index is 1340. The molecule has 0 fully saturated rings. The minimum absolute atomic E-state index is 0.0133. The number of pyridine rings is 1. The van der Waals surface area contributed by atoms with Crippen molar-refractivity contribution < 1.29 is 9.18 Å². The van der Waals surface area contributed by atoms with E-state index in [9.17, 15) is 18.8 Å². The van der Waals surface area contributed by atoms with Crippen molar-refractivity contribution in [1.82, 2.24) is 24.5 Å². The largest absolute Gasteiger partial charge is 0.349 e. The van der Waals surface area contributed by atoms with Gasteiger partial charge in [0.1, 0.15) is 5.65 Å². The van der Waals surface area contributed by atoms with Crippen molar-refractivity contribution in [2.75, 3.05) is 6.54 Å². The van der Waals surface area contributed by atoms with Gasteiger partial charge in [-0.25, -0.2) is 9.67 Å². The summed E-state index contributed by atoms with van der Waals surface area (Å²) in [6, 6.07) is 9.86. The Morgan fingerprint density at radius 3 is 2.71 bits per heavy atom. The highest BCUT2D eigenvalue weighted by molar-refractivity contribution is 5.93. The third-order valence-corrected chi connectivity index (χ3v) is 4.43. The summed E-state index contributed by atoms with van der Waals surface area (Å²) >= 11 is 0. The minimum atomic E-state index is -0.757. The standard InChI is InChI=1S/C19H16FN5O3/c1-11-6-7-14-22-15(16(20)24(14)10-11)18(27)21-8-9-25-19(28)13-5-3-2-4-12(13)17(26)23-25/h2-7,10H,8-9H2,1H3,(H,21,27)(H,23,26). The lowest BCUT2D eigenvalue weighted by Gasteiger charge is -2.08. The molecule has 2 N–H and O–H groups in total. The molecule has 0 radical (unpaired) electrons. The molecule has 8 nitrogen and oxygen atoms in total. The first kappa shape index (κ1) is 17.7. The molecule has 0 aliphatic rings. The van der Waals surface area contributed by atoms with Crippen LogP contribution in [0.1, 0.15) is 16.1 Å². The quantitative estimate of drug-likeness (QED) is 0.555. The van der Waals surface area contributed by atoms with E-state index in [1.54, 1.807) is 49.5 Å². The van der Waals surface area contributed by atoms with E-state index >= 15 is 0 Å².